The lowest BCUT2D eigenvalue weighted by atomic mass is 10.1. The average Bonchev–Trinajstić information content (AvgIpc) is 2.93. The van der Waals surface area contributed by atoms with Gasteiger partial charge in [0.25, 0.3) is 0 Å². The van der Waals surface area contributed by atoms with Gasteiger partial charge in [-0.2, -0.15) is 0 Å². The number of benzene rings is 1. The maximum atomic E-state index is 5.51. The third kappa shape index (κ3) is 2.02. The Morgan fingerprint density at radius 3 is 2.85 bits per heavy atom. The van der Waals surface area contributed by atoms with E-state index in [9.17, 15) is 0 Å². The molecule has 0 atom stereocenters. The fourth-order valence-electron chi connectivity index (χ4n) is 3.36. The van der Waals surface area contributed by atoms with Crippen LogP contribution in [0.1, 0.15) is 17.7 Å². The smallest absolute Gasteiger partial charge is 0.0727 e. The van der Waals surface area contributed by atoms with Crippen molar-refractivity contribution in [2.24, 2.45) is 0 Å². The van der Waals surface area contributed by atoms with Crippen LogP contribution in [0.4, 0.5) is 5.69 Å². The summed E-state index contributed by atoms with van der Waals surface area (Å²) in [6, 6.07) is 6.42. The lowest BCUT2D eigenvalue weighted by molar-refractivity contribution is 0.123. The zero-order valence-electron chi connectivity index (χ0n) is 11.4. The molecule has 3 nitrogen and oxygen atoms in total. The summed E-state index contributed by atoms with van der Waals surface area (Å²) < 4.78 is 6.63. The molecule has 0 bridgehead atoms. The number of fused-ring (bicyclic) bond motifs is 2. The number of pyridine rings is 1. The molecule has 0 spiro atoms. The minimum atomic E-state index is 0.826. The summed E-state index contributed by atoms with van der Waals surface area (Å²) in [6.45, 7) is 3.62. The first kappa shape index (κ1) is 12.6. The average molecular weight is 333 g/mol. The summed E-state index contributed by atoms with van der Waals surface area (Å²) in [7, 11) is 0. The van der Waals surface area contributed by atoms with Crippen LogP contribution in [0, 0.1) is 0 Å². The maximum absolute atomic E-state index is 5.51. The number of aryl methyl sites for hydroxylation is 1. The van der Waals surface area contributed by atoms with Crippen LogP contribution in [-0.4, -0.2) is 31.3 Å². The summed E-state index contributed by atoms with van der Waals surface area (Å²) in [5.41, 5.74) is 5.31. The molecule has 2 aromatic rings. The van der Waals surface area contributed by atoms with Crippen LogP contribution in [0.2, 0.25) is 0 Å². The van der Waals surface area contributed by atoms with E-state index >= 15 is 0 Å². The third-order valence-corrected chi connectivity index (χ3v) is 4.76. The second kappa shape index (κ2) is 5.01. The molecule has 1 aliphatic carbocycles. The quantitative estimate of drug-likeness (QED) is 0.801. The molecule has 1 saturated heterocycles. The Morgan fingerprint density at radius 1 is 1.15 bits per heavy atom. The predicted molar refractivity (Wildman–Crippen MR) is 84.5 cm³/mol. The minimum absolute atomic E-state index is 0.826. The van der Waals surface area contributed by atoms with Crippen molar-refractivity contribution in [2.45, 2.75) is 19.3 Å². The van der Waals surface area contributed by atoms with E-state index in [4.69, 9.17) is 9.72 Å². The normalized spacial score (nSPS) is 18.6. The van der Waals surface area contributed by atoms with Crippen molar-refractivity contribution >= 4 is 32.5 Å². The highest BCUT2D eigenvalue weighted by Gasteiger charge is 2.24. The Hall–Kier alpha value is -1.13. The molecule has 1 fully saturated rings. The van der Waals surface area contributed by atoms with Crippen LogP contribution >= 0.6 is 15.9 Å². The molecule has 1 aromatic carbocycles. The van der Waals surface area contributed by atoms with Crippen LogP contribution in [-0.2, 0) is 17.6 Å². The molecule has 4 rings (SSSR count). The molecule has 2 heterocycles. The molecule has 1 aromatic heterocycles. The number of halogens is 1. The summed E-state index contributed by atoms with van der Waals surface area (Å²) in [4.78, 5) is 7.36. The molecular formula is C16H17BrN2O. The van der Waals surface area contributed by atoms with Crippen molar-refractivity contribution in [3.63, 3.8) is 0 Å². The summed E-state index contributed by atoms with van der Waals surface area (Å²) in [5, 5.41) is 1.28. The van der Waals surface area contributed by atoms with Gasteiger partial charge < -0.3 is 9.64 Å². The number of morpholine rings is 1. The third-order valence-electron chi connectivity index (χ3n) is 4.27. The van der Waals surface area contributed by atoms with E-state index in [1.807, 2.05) is 0 Å². The number of nitrogens with zero attached hydrogens (tertiary/aromatic N) is 2. The first-order chi connectivity index (χ1) is 9.83. The van der Waals surface area contributed by atoms with Gasteiger partial charge in [0.1, 0.15) is 0 Å². The first-order valence-corrected chi connectivity index (χ1v) is 8.06. The van der Waals surface area contributed by atoms with Crippen molar-refractivity contribution in [2.75, 3.05) is 31.2 Å². The fourth-order valence-corrected chi connectivity index (χ4v) is 3.72. The van der Waals surface area contributed by atoms with Crippen LogP contribution in [0.3, 0.4) is 0 Å². The summed E-state index contributed by atoms with van der Waals surface area (Å²) in [6.07, 6.45) is 3.52. The molecule has 0 N–H and O–H groups in total. The minimum Gasteiger partial charge on any atom is -0.378 e. The fraction of sp³-hybridized carbons (Fsp3) is 0.438. The largest absolute Gasteiger partial charge is 0.378 e. The number of anilines is 1. The van der Waals surface area contributed by atoms with Gasteiger partial charge in [0, 0.05) is 28.6 Å². The molecule has 1 aliphatic heterocycles. The highest BCUT2D eigenvalue weighted by Crippen LogP contribution is 2.37. The van der Waals surface area contributed by atoms with Crippen molar-refractivity contribution < 1.29 is 4.74 Å². The Balaban J connectivity index is 1.97. The zero-order valence-corrected chi connectivity index (χ0v) is 12.9. The topological polar surface area (TPSA) is 25.4 Å². The highest BCUT2D eigenvalue weighted by molar-refractivity contribution is 9.10. The van der Waals surface area contributed by atoms with Crippen LogP contribution in [0.5, 0.6) is 0 Å². The van der Waals surface area contributed by atoms with Gasteiger partial charge in [-0.25, -0.2) is 0 Å². The van der Waals surface area contributed by atoms with E-state index in [0.29, 0.717) is 0 Å². The molecule has 0 unspecified atom stereocenters. The van der Waals surface area contributed by atoms with Gasteiger partial charge in [0.05, 0.1) is 24.4 Å². The number of hydrogen-bond donors (Lipinski definition) is 0. The lowest BCUT2D eigenvalue weighted by Gasteiger charge is -2.31. The van der Waals surface area contributed by atoms with Crippen molar-refractivity contribution in [3.05, 3.63) is 33.9 Å². The van der Waals surface area contributed by atoms with Crippen LogP contribution in [0.25, 0.3) is 10.9 Å². The van der Waals surface area contributed by atoms with E-state index in [0.717, 1.165) is 49.1 Å². The first-order valence-electron chi connectivity index (χ1n) is 7.26. The standard InChI is InChI=1S/C16H17BrN2O/c17-11-4-5-15-13(10-11)16(19-6-8-20-9-7-19)12-2-1-3-14(12)18-15/h4-5,10H,1-3,6-9H2. The van der Waals surface area contributed by atoms with Crippen LogP contribution < -0.4 is 4.90 Å². The molecule has 0 radical (unpaired) electrons. The van der Waals surface area contributed by atoms with Gasteiger partial charge in [-0.1, -0.05) is 15.9 Å². The van der Waals surface area contributed by atoms with Gasteiger partial charge in [-0.05, 0) is 43.0 Å². The SMILES string of the molecule is Brc1ccc2nc3c(c(N4CCOCC4)c2c1)CCC3. The van der Waals surface area contributed by atoms with Crippen molar-refractivity contribution in [1.82, 2.24) is 4.98 Å². The maximum Gasteiger partial charge on any atom is 0.0727 e. The number of aromatic nitrogens is 1. The van der Waals surface area contributed by atoms with E-state index in [1.165, 1.54) is 28.8 Å². The van der Waals surface area contributed by atoms with Gasteiger partial charge in [0.2, 0.25) is 0 Å². The Labute approximate surface area is 127 Å². The Morgan fingerprint density at radius 2 is 2.00 bits per heavy atom. The highest BCUT2D eigenvalue weighted by atomic mass is 79.9. The molecule has 2 aliphatic rings. The van der Waals surface area contributed by atoms with E-state index in [-0.39, 0.29) is 0 Å². The summed E-state index contributed by atoms with van der Waals surface area (Å²) >= 11 is 3.60. The van der Waals surface area contributed by atoms with E-state index in [1.54, 1.807) is 0 Å². The number of rotatable bonds is 1. The summed E-state index contributed by atoms with van der Waals surface area (Å²) in [5.74, 6) is 0. The predicted octanol–water partition coefficient (Wildman–Crippen LogP) is 3.32. The van der Waals surface area contributed by atoms with Crippen molar-refractivity contribution in [3.8, 4) is 0 Å². The van der Waals surface area contributed by atoms with Crippen molar-refractivity contribution in [1.29, 1.82) is 0 Å². The van der Waals surface area contributed by atoms with Gasteiger partial charge >= 0.3 is 0 Å². The van der Waals surface area contributed by atoms with E-state index in [2.05, 4.69) is 39.0 Å². The molecule has 4 heteroatoms. The van der Waals surface area contributed by atoms with E-state index < -0.39 is 0 Å². The van der Waals surface area contributed by atoms with Gasteiger partial charge in [-0.15, -0.1) is 0 Å². The zero-order chi connectivity index (χ0) is 13.5. The molecule has 104 valence electrons. The van der Waals surface area contributed by atoms with Gasteiger partial charge in [0.15, 0.2) is 0 Å². The Bertz CT molecular complexity index is 665. The molecule has 0 saturated carbocycles. The monoisotopic (exact) mass is 332 g/mol. The number of ether oxygens (including phenoxy) is 1. The second-order valence-corrected chi connectivity index (χ2v) is 6.42. The number of hydrogen-bond acceptors (Lipinski definition) is 3. The lowest BCUT2D eigenvalue weighted by Crippen LogP contribution is -2.37. The molecular weight excluding hydrogens is 316 g/mol. The second-order valence-electron chi connectivity index (χ2n) is 5.50. The molecule has 20 heavy (non-hydrogen) atoms. The Kier molecular flexibility index (Phi) is 3.15. The van der Waals surface area contributed by atoms with Gasteiger partial charge in [-0.3, -0.25) is 4.98 Å². The van der Waals surface area contributed by atoms with Crippen LogP contribution in [0.15, 0.2) is 22.7 Å². The molecule has 0 amide bonds.